The van der Waals surface area contributed by atoms with Gasteiger partial charge in [-0.05, 0) is 50.5 Å². The van der Waals surface area contributed by atoms with Crippen molar-refractivity contribution in [3.8, 4) is 11.5 Å². The number of hydrogen-bond acceptors (Lipinski definition) is 5. The molecule has 1 aliphatic heterocycles. The number of benzene rings is 2. The van der Waals surface area contributed by atoms with Crippen LogP contribution >= 0.6 is 0 Å². The van der Waals surface area contributed by atoms with Crippen molar-refractivity contribution in [3.05, 3.63) is 53.9 Å². The molecule has 0 radical (unpaired) electrons. The fourth-order valence-electron chi connectivity index (χ4n) is 4.25. The molecule has 0 saturated carbocycles. The molecule has 1 aromatic heterocycles. The molecule has 2 N–H and O–H groups in total. The number of imidazole rings is 1. The van der Waals surface area contributed by atoms with Crippen LogP contribution < -0.4 is 15.2 Å². The highest BCUT2D eigenvalue weighted by Crippen LogP contribution is 2.36. The van der Waals surface area contributed by atoms with Crippen molar-refractivity contribution >= 4 is 16.9 Å². The Balaban J connectivity index is 1.39. The number of methoxy groups -OCH3 is 2. The molecule has 3 aromatic rings. The second kappa shape index (κ2) is 8.59. The maximum Gasteiger partial charge on any atom is 0.254 e. The molecule has 1 atom stereocenters. The van der Waals surface area contributed by atoms with E-state index in [0.29, 0.717) is 30.2 Å². The lowest BCUT2D eigenvalue weighted by atomic mass is 9.92. The molecule has 1 amide bonds. The van der Waals surface area contributed by atoms with Crippen LogP contribution in [0.4, 0.5) is 0 Å². The van der Waals surface area contributed by atoms with Gasteiger partial charge in [-0.1, -0.05) is 12.1 Å². The molecule has 2 heterocycles. The Kier molecular flexibility index (Phi) is 5.87. The molecule has 4 rings (SSSR count). The number of carbonyl (C=O) groups excluding carboxylic acids is 1. The Labute approximate surface area is 182 Å². The number of hydrogen-bond donors (Lipinski definition) is 1. The quantitative estimate of drug-likeness (QED) is 0.603. The van der Waals surface area contributed by atoms with Crippen LogP contribution in [0.25, 0.3) is 11.0 Å². The molecule has 1 aliphatic rings. The summed E-state index contributed by atoms with van der Waals surface area (Å²) in [6.07, 6.45) is 4.14. The van der Waals surface area contributed by atoms with Gasteiger partial charge in [-0.2, -0.15) is 0 Å². The summed E-state index contributed by atoms with van der Waals surface area (Å²) in [6.45, 7) is 4.13. The lowest BCUT2D eigenvalue weighted by Gasteiger charge is -2.33. The molecule has 0 aliphatic carbocycles. The molecular weight excluding hydrogens is 392 g/mol. The number of carbonyl (C=O) groups is 1. The van der Waals surface area contributed by atoms with Gasteiger partial charge in [-0.15, -0.1) is 0 Å². The van der Waals surface area contributed by atoms with Gasteiger partial charge in [0.15, 0.2) is 11.5 Å². The minimum absolute atomic E-state index is 0.0265. The summed E-state index contributed by atoms with van der Waals surface area (Å²) in [5.74, 6) is 1.34. The molecule has 1 unspecified atom stereocenters. The van der Waals surface area contributed by atoms with Crippen molar-refractivity contribution in [1.82, 2.24) is 14.5 Å². The van der Waals surface area contributed by atoms with Crippen LogP contribution in [0.5, 0.6) is 11.5 Å². The predicted octanol–water partition coefficient (Wildman–Crippen LogP) is 3.25. The topological polar surface area (TPSA) is 82.6 Å². The zero-order valence-corrected chi connectivity index (χ0v) is 18.4. The Morgan fingerprint density at radius 2 is 1.87 bits per heavy atom. The number of fused-ring (bicyclic) bond motifs is 2. The largest absolute Gasteiger partial charge is 0.493 e. The van der Waals surface area contributed by atoms with Gasteiger partial charge in [-0.3, -0.25) is 4.79 Å². The van der Waals surface area contributed by atoms with Gasteiger partial charge in [0.25, 0.3) is 5.91 Å². The number of rotatable bonds is 8. The van der Waals surface area contributed by atoms with Gasteiger partial charge in [0, 0.05) is 36.3 Å². The van der Waals surface area contributed by atoms with Gasteiger partial charge in [-0.25, -0.2) is 4.98 Å². The molecule has 7 nitrogen and oxygen atoms in total. The normalized spacial score (nSPS) is 15.6. The van der Waals surface area contributed by atoms with E-state index < -0.39 is 0 Å². The summed E-state index contributed by atoms with van der Waals surface area (Å²) in [7, 11) is 3.22. The van der Waals surface area contributed by atoms with Crippen molar-refractivity contribution < 1.29 is 14.3 Å². The first-order valence-electron chi connectivity index (χ1n) is 10.7. The highest BCUT2D eigenvalue weighted by atomic mass is 16.5. The number of amides is 1. The SMILES string of the molecule is COc1ccc2c(c1OC)CCN(CCC(C)(N)CCn1cnc3ccccc31)C2=O. The first-order chi connectivity index (χ1) is 14.9. The molecule has 0 saturated heterocycles. The number of nitrogens with zero attached hydrogens (tertiary/aromatic N) is 3. The minimum atomic E-state index is -0.385. The molecule has 0 spiro atoms. The van der Waals surface area contributed by atoms with Crippen LogP contribution in [0, 0.1) is 0 Å². The summed E-state index contributed by atoms with van der Waals surface area (Å²) in [5.41, 5.74) is 9.94. The lowest BCUT2D eigenvalue weighted by molar-refractivity contribution is 0.0725. The summed E-state index contributed by atoms with van der Waals surface area (Å²) in [4.78, 5) is 19.4. The van der Waals surface area contributed by atoms with Crippen LogP contribution in [0.1, 0.15) is 35.7 Å². The van der Waals surface area contributed by atoms with Gasteiger partial charge in [0.05, 0.1) is 31.6 Å². The average Bonchev–Trinajstić information content (AvgIpc) is 3.20. The van der Waals surface area contributed by atoms with E-state index in [0.717, 1.165) is 42.4 Å². The van der Waals surface area contributed by atoms with Gasteiger partial charge < -0.3 is 24.7 Å². The Morgan fingerprint density at radius 3 is 2.65 bits per heavy atom. The zero-order chi connectivity index (χ0) is 22.0. The van der Waals surface area contributed by atoms with Crippen LogP contribution in [-0.2, 0) is 13.0 Å². The Bertz CT molecular complexity index is 1090. The molecule has 164 valence electrons. The summed E-state index contributed by atoms with van der Waals surface area (Å²) in [6, 6.07) is 11.7. The van der Waals surface area contributed by atoms with Crippen LogP contribution in [0.2, 0.25) is 0 Å². The third-order valence-corrected chi connectivity index (χ3v) is 6.20. The van der Waals surface area contributed by atoms with E-state index in [4.69, 9.17) is 15.2 Å². The van der Waals surface area contributed by atoms with E-state index in [1.54, 1.807) is 20.3 Å². The van der Waals surface area contributed by atoms with Gasteiger partial charge in [0.1, 0.15) is 0 Å². The predicted molar refractivity (Wildman–Crippen MR) is 121 cm³/mol. The second-order valence-electron chi connectivity index (χ2n) is 8.45. The van der Waals surface area contributed by atoms with Crippen molar-refractivity contribution in [2.75, 3.05) is 27.3 Å². The Morgan fingerprint density at radius 1 is 1.10 bits per heavy atom. The fourth-order valence-corrected chi connectivity index (χ4v) is 4.25. The number of aryl methyl sites for hydroxylation is 1. The zero-order valence-electron chi connectivity index (χ0n) is 18.4. The van der Waals surface area contributed by atoms with Crippen molar-refractivity contribution in [2.24, 2.45) is 5.73 Å². The van der Waals surface area contributed by atoms with Gasteiger partial charge in [0.2, 0.25) is 0 Å². The minimum Gasteiger partial charge on any atom is -0.493 e. The first kappa shape index (κ1) is 21.2. The third kappa shape index (κ3) is 4.23. The fraction of sp³-hybridized carbons (Fsp3) is 0.417. The number of ether oxygens (including phenoxy) is 2. The van der Waals surface area contributed by atoms with Crippen LogP contribution in [0.15, 0.2) is 42.7 Å². The molecule has 0 fully saturated rings. The third-order valence-electron chi connectivity index (χ3n) is 6.20. The van der Waals surface area contributed by atoms with E-state index in [-0.39, 0.29) is 11.4 Å². The van der Waals surface area contributed by atoms with Crippen LogP contribution in [0.3, 0.4) is 0 Å². The van der Waals surface area contributed by atoms with Crippen LogP contribution in [-0.4, -0.2) is 53.2 Å². The maximum absolute atomic E-state index is 13.1. The first-order valence-corrected chi connectivity index (χ1v) is 10.7. The number of para-hydroxylation sites is 2. The monoisotopic (exact) mass is 422 g/mol. The molecule has 31 heavy (non-hydrogen) atoms. The van der Waals surface area contributed by atoms with Crippen molar-refractivity contribution in [3.63, 3.8) is 0 Å². The second-order valence-corrected chi connectivity index (χ2v) is 8.45. The van der Waals surface area contributed by atoms with Crippen molar-refractivity contribution in [1.29, 1.82) is 0 Å². The van der Waals surface area contributed by atoms with Crippen molar-refractivity contribution in [2.45, 2.75) is 38.3 Å². The molecule has 0 bridgehead atoms. The number of nitrogens with two attached hydrogens (primary N) is 1. The molecular formula is C24H30N4O3. The lowest BCUT2D eigenvalue weighted by Crippen LogP contribution is -2.44. The molecule has 7 heteroatoms. The highest BCUT2D eigenvalue weighted by molar-refractivity contribution is 5.98. The summed E-state index contributed by atoms with van der Waals surface area (Å²) in [5, 5.41) is 0. The molecule has 2 aromatic carbocycles. The number of aromatic nitrogens is 2. The van der Waals surface area contributed by atoms with E-state index in [9.17, 15) is 4.79 Å². The van der Waals surface area contributed by atoms with E-state index in [1.165, 1.54) is 0 Å². The van der Waals surface area contributed by atoms with Gasteiger partial charge >= 0.3 is 0 Å². The summed E-state index contributed by atoms with van der Waals surface area (Å²) < 4.78 is 13.0. The van der Waals surface area contributed by atoms with E-state index in [1.807, 2.05) is 35.5 Å². The Hall–Kier alpha value is -3.06. The van der Waals surface area contributed by atoms with E-state index >= 15 is 0 Å². The standard InChI is InChI=1S/C24H30N4O3/c1-24(25,12-15-28-16-26-19-6-4-5-7-20(19)28)11-14-27-13-10-17-18(23(27)29)8-9-21(30-2)22(17)31-3/h4-9,16H,10-15,25H2,1-3H3. The maximum atomic E-state index is 13.1. The smallest absolute Gasteiger partial charge is 0.254 e. The summed E-state index contributed by atoms with van der Waals surface area (Å²) >= 11 is 0. The average molecular weight is 423 g/mol. The highest BCUT2D eigenvalue weighted by Gasteiger charge is 2.30. The van der Waals surface area contributed by atoms with E-state index in [2.05, 4.69) is 22.5 Å².